The Morgan fingerprint density at radius 1 is 1.02 bits per heavy atom. The average molecular weight is 584 g/mol. The Bertz CT molecular complexity index is 2280. The van der Waals surface area contributed by atoms with Gasteiger partial charge in [0, 0.05) is 34.5 Å². The van der Waals surface area contributed by atoms with Crippen LogP contribution in [-0.2, 0) is 6.61 Å². The maximum atomic E-state index is 15.3. The molecule has 1 aliphatic carbocycles. The third kappa shape index (κ3) is 4.26. The number of nitrogen functional groups attached to an aromatic ring is 1. The Kier molecular flexibility index (Phi) is 5.92. The molecule has 10 heteroatoms. The van der Waals surface area contributed by atoms with Gasteiger partial charge < -0.3 is 15.8 Å². The van der Waals surface area contributed by atoms with Crippen LogP contribution in [0.5, 0.6) is 0 Å². The molecule has 0 amide bonds. The summed E-state index contributed by atoms with van der Waals surface area (Å²) in [6, 6.07) is 22.1. The second-order valence-electron chi connectivity index (χ2n) is 11.1. The first kappa shape index (κ1) is 26.1. The molecule has 0 saturated heterocycles. The van der Waals surface area contributed by atoms with Gasteiger partial charge in [0.25, 0.3) is 5.56 Å². The first-order valence-electron chi connectivity index (χ1n) is 14.3. The van der Waals surface area contributed by atoms with Crippen LogP contribution in [0.4, 0.5) is 10.3 Å². The second kappa shape index (κ2) is 9.99. The normalized spacial score (nSPS) is 13.2. The second-order valence-corrected chi connectivity index (χ2v) is 11.1. The lowest BCUT2D eigenvalue weighted by Gasteiger charge is -2.16. The number of aliphatic hydroxyl groups excluding tert-OH is 1. The number of aliphatic hydroxyl groups is 1. The molecule has 0 unspecified atom stereocenters. The number of aromatic nitrogens is 6. The Labute approximate surface area is 250 Å². The molecule has 1 aliphatic rings. The van der Waals surface area contributed by atoms with Gasteiger partial charge in [-0.05, 0) is 66.1 Å². The number of nitrogens with two attached hydrogens (primary N) is 1. The Morgan fingerprint density at radius 2 is 1.86 bits per heavy atom. The summed E-state index contributed by atoms with van der Waals surface area (Å²) < 4.78 is 18.4. The molecule has 9 nitrogen and oxygen atoms in total. The van der Waals surface area contributed by atoms with E-state index in [0.29, 0.717) is 44.8 Å². The van der Waals surface area contributed by atoms with Crippen molar-refractivity contribution in [3.05, 3.63) is 119 Å². The minimum absolute atomic E-state index is 0.0196. The molecule has 44 heavy (non-hydrogen) atoms. The van der Waals surface area contributed by atoms with Crippen LogP contribution >= 0.6 is 0 Å². The van der Waals surface area contributed by atoms with E-state index in [0.717, 1.165) is 35.3 Å². The highest BCUT2D eigenvalue weighted by Crippen LogP contribution is 2.41. The van der Waals surface area contributed by atoms with E-state index in [9.17, 15) is 9.90 Å². The van der Waals surface area contributed by atoms with Gasteiger partial charge in [-0.2, -0.15) is 10.1 Å². The molecule has 7 aromatic rings. The van der Waals surface area contributed by atoms with Crippen LogP contribution in [0.2, 0.25) is 0 Å². The van der Waals surface area contributed by atoms with Crippen LogP contribution < -0.4 is 11.3 Å². The van der Waals surface area contributed by atoms with Gasteiger partial charge in [0.1, 0.15) is 11.5 Å². The molecule has 1 fully saturated rings. The number of benzene rings is 3. The predicted molar refractivity (Wildman–Crippen MR) is 167 cm³/mol. The largest absolute Gasteiger partial charge is 0.392 e. The summed E-state index contributed by atoms with van der Waals surface area (Å²) in [5.41, 5.74) is 11.6. The number of anilines is 1. The average Bonchev–Trinajstić information content (AvgIpc) is 3.61. The summed E-state index contributed by atoms with van der Waals surface area (Å²) in [5, 5.41) is 16.4. The quantitative estimate of drug-likeness (QED) is 0.225. The number of nitrogens with one attached hydrogen (secondary N) is 1. The van der Waals surface area contributed by atoms with E-state index >= 15 is 4.39 Å². The van der Waals surface area contributed by atoms with E-state index in [2.05, 4.69) is 20.1 Å². The maximum absolute atomic E-state index is 15.3. The van der Waals surface area contributed by atoms with Gasteiger partial charge in [-0.3, -0.25) is 9.36 Å². The van der Waals surface area contributed by atoms with Gasteiger partial charge in [-0.1, -0.05) is 36.4 Å². The number of fused-ring (bicyclic) bond motifs is 2. The van der Waals surface area contributed by atoms with Crippen molar-refractivity contribution in [2.45, 2.75) is 25.4 Å². The van der Waals surface area contributed by atoms with E-state index in [1.165, 1.54) is 10.6 Å². The number of hydrogen-bond acceptors (Lipinski definition) is 6. The van der Waals surface area contributed by atoms with Crippen molar-refractivity contribution in [2.24, 2.45) is 0 Å². The highest BCUT2D eigenvalue weighted by molar-refractivity contribution is 5.96. The fourth-order valence-corrected chi connectivity index (χ4v) is 5.95. The monoisotopic (exact) mass is 583 g/mol. The molecule has 0 aliphatic heterocycles. The van der Waals surface area contributed by atoms with E-state index in [-0.39, 0.29) is 11.3 Å². The molecular formula is C34H26FN7O2. The lowest BCUT2D eigenvalue weighted by Crippen LogP contribution is -2.20. The molecule has 3 aromatic carbocycles. The summed E-state index contributed by atoms with van der Waals surface area (Å²) in [7, 11) is 0. The number of halogens is 1. The number of rotatable bonds is 6. The zero-order valence-electron chi connectivity index (χ0n) is 23.4. The SMILES string of the molecule is Nc1nc(-c2cccc(-n3ccc4cc(C5CC5)cc(F)c4c3=O)c2CO)c2cc(-c3cnn(-c4ccccc4)c3)[nH]c2n1. The van der Waals surface area contributed by atoms with Crippen molar-refractivity contribution >= 4 is 27.8 Å². The van der Waals surface area contributed by atoms with E-state index in [1.54, 1.807) is 35.3 Å². The molecule has 1 saturated carbocycles. The van der Waals surface area contributed by atoms with Crippen molar-refractivity contribution in [1.29, 1.82) is 0 Å². The van der Waals surface area contributed by atoms with Gasteiger partial charge in [0.2, 0.25) is 5.95 Å². The fraction of sp³-hybridized carbons (Fsp3) is 0.118. The molecule has 4 aromatic heterocycles. The first-order chi connectivity index (χ1) is 21.5. The predicted octanol–water partition coefficient (Wildman–Crippen LogP) is 5.87. The third-order valence-electron chi connectivity index (χ3n) is 8.27. The van der Waals surface area contributed by atoms with Gasteiger partial charge >= 0.3 is 0 Å². The number of para-hydroxylation sites is 1. The van der Waals surface area contributed by atoms with Gasteiger partial charge in [-0.15, -0.1) is 0 Å². The molecule has 0 atom stereocenters. The van der Waals surface area contributed by atoms with Crippen molar-refractivity contribution in [2.75, 3.05) is 5.73 Å². The summed E-state index contributed by atoms with van der Waals surface area (Å²) in [6.07, 6.45) is 7.37. The smallest absolute Gasteiger partial charge is 0.265 e. The number of nitrogens with zero attached hydrogens (tertiary/aromatic N) is 5. The minimum atomic E-state index is -0.536. The highest BCUT2D eigenvalue weighted by atomic mass is 19.1. The molecule has 8 rings (SSSR count). The molecule has 4 heterocycles. The zero-order chi connectivity index (χ0) is 29.9. The van der Waals surface area contributed by atoms with Gasteiger partial charge in [0.15, 0.2) is 0 Å². The summed E-state index contributed by atoms with van der Waals surface area (Å²) in [5.74, 6) is -0.127. The molecule has 4 N–H and O–H groups in total. The van der Waals surface area contributed by atoms with Crippen LogP contribution in [0.25, 0.3) is 55.7 Å². The van der Waals surface area contributed by atoms with Crippen molar-refractivity contribution in [3.8, 4) is 33.9 Å². The lowest BCUT2D eigenvalue weighted by molar-refractivity contribution is 0.282. The molecule has 0 bridgehead atoms. The zero-order valence-corrected chi connectivity index (χ0v) is 23.4. The number of H-pyrrole nitrogens is 1. The van der Waals surface area contributed by atoms with Crippen LogP contribution in [0.3, 0.4) is 0 Å². The standard InChI is InChI=1S/C34H26FN7O2/c35-27-14-21(19-9-10-19)13-20-11-12-41(33(44)30(20)27)29-8-4-7-24(26(29)18-43)31-25-15-28(38-32(25)40-34(36)39-31)22-16-37-42(17-22)23-5-2-1-3-6-23/h1-8,11-17,19,43H,9-10,18H2,(H3,36,38,39,40). The molecule has 216 valence electrons. The van der Waals surface area contributed by atoms with Crippen molar-refractivity contribution < 1.29 is 9.50 Å². The summed E-state index contributed by atoms with van der Waals surface area (Å²) >= 11 is 0. The van der Waals surface area contributed by atoms with Crippen molar-refractivity contribution in [3.63, 3.8) is 0 Å². The van der Waals surface area contributed by atoms with Gasteiger partial charge in [-0.25, -0.2) is 14.1 Å². The molecular weight excluding hydrogens is 557 g/mol. The van der Waals surface area contributed by atoms with Crippen LogP contribution in [0.15, 0.2) is 96.2 Å². The molecule has 0 spiro atoms. The Morgan fingerprint density at radius 3 is 2.66 bits per heavy atom. The Balaban J connectivity index is 1.26. The number of hydrogen-bond donors (Lipinski definition) is 3. The number of pyridine rings is 1. The summed E-state index contributed by atoms with van der Waals surface area (Å²) in [4.78, 5) is 26.0. The van der Waals surface area contributed by atoms with Crippen LogP contribution in [0.1, 0.15) is 29.9 Å². The number of aromatic amines is 1. The lowest BCUT2D eigenvalue weighted by atomic mass is 10.00. The van der Waals surface area contributed by atoms with Crippen molar-refractivity contribution in [1.82, 2.24) is 29.3 Å². The van der Waals surface area contributed by atoms with Crippen LogP contribution in [-0.4, -0.2) is 34.4 Å². The van der Waals surface area contributed by atoms with E-state index in [4.69, 9.17) is 5.73 Å². The molecule has 0 radical (unpaired) electrons. The minimum Gasteiger partial charge on any atom is -0.392 e. The first-order valence-corrected chi connectivity index (χ1v) is 14.3. The Hall–Kier alpha value is -5.61. The maximum Gasteiger partial charge on any atom is 0.265 e. The highest BCUT2D eigenvalue weighted by Gasteiger charge is 2.25. The summed E-state index contributed by atoms with van der Waals surface area (Å²) in [6.45, 7) is -0.397. The van der Waals surface area contributed by atoms with E-state index in [1.807, 2.05) is 54.7 Å². The van der Waals surface area contributed by atoms with Crippen LogP contribution in [0, 0.1) is 5.82 Å². The third-order valence-corrected chi connectivity index (χ3v) is 8.27. The topological polar surface area (TPSA) is 128 Å². The fourth-order valence-electron chi connectivity index (χ4n) is 5.95. The van der Waals surface area contributed by atoms with Gasteiger partial charge in [0.05, 0.1) is 41.0 Å². The van der Waals surface area contributed by atoms with E-state index < -0.39 is 18.0 Å².